The smallest absolute Gasteiger partial charge is 0.280 e. The van der Waals surface area contributed by atoms with Crippen LogP contribution in [0.4, 0.5) is 14.5 Å². The summed E-state index contributed by atoms with van der Waals surface area (Å²) in [7, 11) is 2.99. The molecule has 1 amide bonds. The lowest BCUT2D eigenvalue weighted by atomic mass is 10.2. The van der Waals surface area contributed by atoms with Crippen LogP contribution in [-0.4, -0.2) is 22.8 Å². The van der Waals surface area contributed by atoms with Crippen LogP contribution in [0.5, 0.6) is 5.75 Å². The van der Waals surface area contributed by atoms with Crippen LogP contribution < -0.4 is 10.1 Å². The third kappa shape index (κ3) is 4.46. The largest absolute Gasteiger partial charge is 0.497 e. The minimum Gasteiger partial charge on any atom is -0.497 e. The molecule has 0 radical (unpaired) electrons. The number of hydrogen-bond acceptors (Lipinski definition) is 4. The number of benzene rings is 2. The minimum atomic E-state index is -2.78. The number of halogens is 2. The molecule has 27 heavy (non-hydrogen) atoms. The van der Waals surface area contributed by atoms with E-state index < -0.39 is 18.0 Å². The summed E-state index contributed by atoms with van der Waals surface area (Å²) < 4.78 is 32.3. The van der Waals surface area contributed by atoms with Crippen molar-refractivity contribution in [3.8, 4) is 5.75 Å². The summed E-state index contributed by atoms with van der Waals surface area (Å²) in [5.41, 5.74) is -0.0217. The van der Waals surface area contributed by atoms with Crippen molar-refractivity contribution >= 4 is 23.4 Å². The summed E-state index contributed by atoms with van der Waals surface area (Å²) in [5.74, 6) is 0.171. The van der Waals surface area contributed by atoms with E-state index in [1.54, 1.807) is 31.0 Å². The van der Waals surface area contributed by atoms with E-state index >= 15 is 0 Å². The van der Waals surface area contributed by atoms with E-state index in [1.807, 2.05) is 36.4 Å². The van der Waals surface area contributed by atoms with Crippen molar-refractivity contribution in [2.24, 2.45) is 7.05 Å². The average molecular weight is 389 g/mol. The molecule has 5 nitrogen and oxygen atoms in total. The van der Waals surface area contributed by atoms with Crippen molar-refractivity contribution in [3.63, 3.8) is 0 Å². The quantitative estimate of drug-likeness (QED) is 0.660. The van der Waals surface area contributed by atoms with E-state index in [4.69, 9.17) is 4.74 Å². The van der Waals surface area contributed by atoms with Crippen LogP contribution in [0.2, 0.25) is 0 Å². The van der Waals surface area contributed by atoms with Gasteiger partial charge in [0.25, 0.3) is 12.3 Å². The van der Waals surface area contributed by atoms with Gasteiger partial charge in [-0.15, -0.1) is 0 Å². The third-order valence-corrected chi connectivity index (χ3v) is 4.86. The number of carbonyl (C=O) groups is 1. The molecule has 0 atom stereocenters. The second-order valence-corrected chi connectivity index (χ2v) is 6.77. The molecule has 0 unspecified atom stereocenters. The Balaban J connectivity index is 1.67. The van der Waals surface area contributed by atoms with Gasteiger partial charge in [-0.3, -0.25) is 9.48 Å². The number of hydrogen-bond donors (Lipinski definition) is 1. The summed E-state index contributed by atoms with van der Waals surface area (Å²) in [6.45, 7) is 0. The predicted molar refractivity (Wildman–Crippen MR) is 99.7 cm³/mol. The van der Waals surface area contributed by atoms with Crippen LogP contribution in [0, 0.1) is 0 Å². The van der Waals surface area contributed by atoms with Crippen molar-refractivity contribution in [3.05, 3.63) is 66.0 Å². The summed E-state index contributed by atoms with van der Waals surface area (Å²) in [5, 5.41) is 6.36. The Bertz CT molecular complexity index is 925. The van der Waals surface area contributed by atoms with Crippen molar-refractivity contribution in [1.82, 2.24) is 9.78 Å². The number of nitrogens with zero attached hydrogens (tertiary/aromatic N) is 2. The van der Waals surface area contributed by atoms with Crippen LogP contribution in [0.25, 0.3) is 0 Å². The molecule has 0 fully saturated rings. The highest BCUT2D eigenvalue weighted by Crippen LogP contribution is 2.30. The summed E-state index contributed by atoms with van der Waals surface area (Å²) in [6, 6.07) is 14.8. The molecule has 2 aromatic carbocycles. The van der Waals surface area contributed by atoms with Crippen LogP contribution in [0.3, 0.4) is 0 Å². The molecule has 0 aliphatic heterocycles. The average Bonchev–Trinajstić information content (AvgIpc) is 3.06. The first-order chi connectivity index (χ1) is 13.0. The Morgan fingerprint density at radius 2 is 1.70 bits per heavy atom. The fraction of sp³-hybridized carbons (Fsp3) is 0.158. The standard InChI is InChI=1S/C19H17F2N3O2S/c1-24-17(18(20)21)16(11-22-24)19(25)23-12-3-7-14(8-4-12)27-15-9-5-13(26-2)6-10-15/h3-11,18H,1-2H3,(H,23,25). The zero-order chi connectivity index (χ0) is 19.4. The van der Waals surface area contributed by atoms with Gasteiger partial charge in [0.15, 0.2) is 0 Å². The first-order valence-corrected chi connectivity index (χ1v) is 8.83. The molecule has 0 aliphatic rings. The second-order valence-electron chi connectivity index (χ2n) is 5.62. The van der Waals surface area contributed by atoms with Gasteiger partial charge in [-0.05, 0) is 48.5 Å². The van der Waals surface area contributed by atoms with Crippen molar-refractivity contribution < 1.29 is 18.3 Å². The van der Waals surface area contributed by atoms with Gasteiger partial charge >= 0.3 is 0 Å². The summed E-state index contributed by atoms with van der Waals surface area (Å²) in [4.78, 5) is 14.3. The highest BCUT2D eigenvalue weighted by Gasteiger charge is 2.23. The first-order valence-electron chi connectivity index (χ1n) is 8.01. The van der Waals surface area contributed by atoms with Crippen molar-refractivity contribution in [1.29, 1.82) is 0 Å². The van der Waals surface area contributed by atoms with E-state index in [0.29, 0.717) is 5.69 Å². The topological polar surface area (TPSA) is 56.1 Å². The van der Waals surface area contributed by atoms with Crippen molar-refractivity contribution in [2.75, 3.05) is 12.4 Å². The Labute approximate surface area is 159 Å². The van der Waals surface area contributed by atoms with E-state index in [-0.39, 0.29) is 5.56 Å². The Kier molecular flexibility index (Phi) is 5.75. The third-order valence-electron chi connectivity index (χ3n) is 3.84. The maximum atomic E-state index is 13.1. The molecule has 1 N–H and O–H groups in total. The van der Waals surface area contributed by atoms with Crippen LogP contribution in [0.1, 0.15) is 22.5 Å². The maximum Gasteiger partial charge on any atom is 0.280 e. The Hall–Kier alpha value is -2.87. The van der Waals surface area contributed by atoms with Gasteiger partial charge in [0.2, 0.25) is 0 Å². The SMILES string of the molecule is COc1ccc(Sc2ccc(NC(=O)c3cnn(C)c3C(F)F)cc2)cc1. The number of nitrogens with one attached hydrogen (secondary N) is 1. The zero-order valence-electron chi connectivity index (χ0n) is 14.6. The molecule has 0 bridgehead atoms. The van der Waals surface area contributed by atoms with Gasteiger partial charge in [-0.25, -0.2) is 8.78 Å². The molecule has 0 saturated heterocycles. The first kappa shape index (κ1) is 18.9. The minimum absolute atomic E-state index is 0.135. The summed E-state index contributed by atoms with van der Waals surface area (Å²) in [6.07, 6.45) is -1.63. The predicted octanol–water partition coefficient (Wildman–Crippen LogP) is 4.77. The fourth-order valence-corrected chi connectivity index (χ4v) is 3.28. The van der Waals surface area contributed by atoms with Gasteiger partial charge in [0.05, 0.1) is 18.9 Å². The molecular formula is C19H17F2N3O2S. The number of aromatic nitrogens is 2. The van der Waals surface area contributed by atoms with E-state index in [2.05, 4.69) is 10.4 Å². The number of methoxy groups -OCH3 is 1. The number of aryl methyl sites for hydroxylation is 1. The second kappa shape index (κ2) is 8.22. The summed E-state index contributed by atoms with van der Waals surface area (Å²) >= 11 is 1.56. The van der Waals surface area contributed by atoms with Crippen LogP contribution in [0.15, 0.2) is 64.5 Å². The molecule has 0 saturated carbocycles. The lowest BCUT2D eigenvalue weighted by Gasteiger charge is -2.08. The molecule has 1 heterocycles. The van der Waals surface area contributed by atoms with E-state index in [9.17, 15) is 13.6 Å². The van der Waals surface area contributed by atoms with Gasteiger partial charge in [0, 0.05) is 22.5 Å². The fourth-order valence-electron chi connectivity index (χ4n) is 2.47. The van der Waals surface area contributed by atoms with Gasteiger partial charge in [-0.1, -0.05) is 11.8 Å². The number of rotatable bonds is 6. The molecule has 8 heteroatoms. The van der Waals surface area contributed by atoms with E-state index in [0.717, 1.165) is 26.4 Å². The number of ether oxygens (including phenoxy) is 1. The van der Waals surface area contributed by atoms with Crippen LogP contribution >= 0.6 is 11.8 Å². The number of alkyl halides is 2. The lowest BCUT2D eigenvalue weighted by Crippen LogP contribution is -2.14. The molecule has 0 aliphatic carbocycles. The highest BCUT2D eigenvalue weighted by molar-refractivity contribution is 7.99. The molecule has 140 valence electrons. The Morgan fingerprint density at radius 3 is 2.26 bits per heavy atom. The molecule has 3 rings (SSSR count). The zero-order valence-corrected chi connectivity index (χ0v) is 15.5. The monoisotopic (exact) mass is 389 g/mol. The molecule has 0 spiro atoms. The number of amides is 1. The van der Waals surface area contributed by atoms with Gasteiger partial charge in [-0.2, -0.15) is 5.10 Å². The normalized spacial score (nSPS) is 10.9. The van der Waals surface area contributed by atoms with E-state index in [1.165, 1.54) is 7.05 Å². The van der Waals surface area contributed by atoms with Crippen molar-refractivity contribution in [2.45, 2.75) is 16.2 Å². The molecule has 1 aromatic heterocycles. The molecular weight excluding hydrogens is 372 g/mol. The number of anilines is 1. The van der Waals surface area contributed by atoms with Gasteiger partial charge < -0.3 is 10.1 Å². The highest BCUT2D eigenvalue weighted by atomic mass is 32.2. The van der Waals surface area contributed by atoms with Gasteiger partial charge in [0.1, 0.15) is 11.4 Å². The van der Waals surface area contributed by atoms with Crippen LogP contribution in [-0.2, 0) is 7.05 Å². The molecule has 3 aromatic rings. The maximum absolute atomic E-state index is 13.1. The Morgan fingerprint density at radius 1 is 1.11 bits per heavy atom. The lowest BCUT2D eigenvalue weighted by molar-refractivity contribution is 0.100. The number of carbonyl (C=O) groups excluding carboxylic acids is 1.